The van der Waals surface area contributed by atoms with Crippen LogP contribution in [0, 0.1) is 6.92 Å². The van der Waals surface area contributed by atoms with Crippen molar-refractivity contribution < 1.29 is 0 Å². The molecule has 1 aliphatic carbocycles. The van der Waals surface area contributed by atoms with Gasteiger partial charge in [0.05, 0.1) is 0 Å². The molecule has 1 atom stereocenters. The first kappa shape index (κ1) is 12.2. The average molecular weight is 244 g/mol. The Morgan fingerprint density at radius 2 is 2.00 bits per heavy atom. The van der Waals surface area contributed by atoms with Crippen LogP contribution in [-0.4, -0.2) is 17.5 Å². The molecule has 18 heavy (non-hydrogen) atoms. The Morgan fingerprint density at radius 1 is 1.22 bits per heavy atom. The molecule has 2 nitrogen and oxygen atoms in total. The Bertz CT molecular complexity index is 421. The maximum atomic E-state index is 6.05. The molecule has 2 aliphatic rings. The van der Waals surface area contributed by atoms with E-state index in [1.807, 2.05) is 0 Å². The summed E-state index contributed by atoms with van der Waals surface area (Å²) in [6, 6.07) is 7.92. The van der Waals surface area contributed by atoms with Gasteiger partial charge in [0, 0.05) is 25.2 Å². The SMILES string of the molecule is Cc1cccc2c1CN(C1CCCCC1)C2CN. The van der Waals surface area contributed by atoms with E-state index in [-0.39, 0.29) is 0 Å². The van der Waals surface area contributed by atoms with Crippen molar-refractivity contribution in [3.63, 3.8) is 0 Å². The summed E-state index contributed by atoms with van der Waals surface area (Å²) < 4.78 is 0. The minimum absolute atomic E-state index is 0.461. The summed E-state index contributed by atoms with van der Waals surface area (Å²) in [4.78, 5) is 2.68. The minimum Gasteiger partial charge on any atom is -0.329 e. The first-order valence-corrected chi connectivity index (χ1v) is 7.35. The Labute approximate surface area is 110 Å². The van der Waals surface area contributed by atoms with Crippen LogP contribution in [0.2, 0.25) is 0 Å². The Kier molecular flexibility index (Phi) is 3.40. The molecule has 0 radical (unpaired) electrons. The highest BCUT2D eigenvalue weighted by Gasteiger charge is 2.34. The lowest BCUT2D eigenvalue weighted by atomic mass is 9.93. The van der Waals surface area contributed by atoms with Crippen molar-refractivity contribution in [1.82, 2.24) is 4.90 Å². The first-order valence-electron chi connectivity index (χ1n) is 7.35. The molecule has 98 valence electrons. The number of nitrogens with zero attached hydrogens (tertiary/aromatic N) is 1. The molecule has 1 heterocycles. The van der Waals surface area contributed by atoms with Crippen molar-refractivity contribution in [3.05, 3.63) is 34.9 Å². The van der Waals surface area contributed by atoms with E-state index >= 15 is 0 Å². The average Bonchev–Trinajstić information content (AvgIpc) is 2.80. The third-order valence-corrected chi connectivity index (χ3v) is 4.81. The van der Waals surface area contributed by atoms with Crippen LogP contribution >= 0.6 is 0 Å². The lowest BCUT2D eigenvalue weighted by Crippen LogP contribution is -2.38. The van der Waals surface area contributed by atoms with Crippen molar-refractivity contribution >= 4 is 0 Å². The molecule has 0 amide bonds. The Hall–Kier alpha value is -0.860. The maximum absolute atomic E-state index is 6.05. The van der Waals surface area contributed by atoms with Crippen LogP contribution in [0.25, 0.3) is 0 Å². The molecule has 3 rings (SSSR count). The van der Waals surface area contributed by atoms with Gasteiger partial charge in [-0.25, -0.2) is 0 Å². The summed E-state index contributed by atoms with van der Waals surface area (Å²) in [7, 11) is 0. The molecule has 1 aromatic rings. The number of hydrogen-bond acceptors (Lipinski definition) is 2. The summed E-state index contributed by atoms with van der Waals surface area (Å²) >= 11 is 0. The summed E-state index contributed by atoms with van der Waals surface area (Å²) in [5, 5.41) is 0. The lowest BCUT2D eigenvalue weighted by Gasteiger charge is -2.35. The first-order chi connectivity index (χ1) is 8.81. The summed E-state index contributed by atoms with van der Waals surface area (Å²) in [5.41, 5.74) is 10.5. The Balaban J connectivity index is 1.88. The van der Waals surface area contributed by atoms with Crippen molar-refractivity contribution in [1.29, 1.82) is 0 Å². The highest BCUT2D eigenvalue weighted by atomic mass is 15.2. The monoisotopic (exact) mass is 244 g/mol. The molecule has 0 aromatic heterocycles. The predicted molar refractivity (Wildman–Crippen MR) is 75.4 cm³/mol. The molecule has 1 aromatic carbocycles. The van der Waals surface area contributed by atoms with E-state index in [0.717, 1.165) is 19.1 Å². The van der Waals surface area contributed by atoms with Crippen molar-refractivity contribution in [2.45, 2.75) is 57.7 Å². The number of nitrogens with two attached hydrogens (primary N) is 1. The van der Waals surface area contributed by atoms with Gasteiger partial charge in [0.1, 0.15) is 0 Å². The molecule has 0 bridgehead atoms. The predicted octanol–water partition coefficient (Wildman–Crippen LogP) is 3.14. The van der Waals surface area contributed by atoms with E-state index in [9.17, 15) is 0 Å². The quantitative estimate of drug-likeness (QED) is 0.866. The molecule has 1 saturated carbocycles. The zero-order valence-electron chi connectivity index (χ0n) is 11.4. The largest absolute Gasteiger partial charge is 0.329 e. The lowest BCUT2D eigenvalue weighted by molar-refractivity contribution is 0.117. The van der Waals surface area contributed by atoms with Crippen LogP contribution in [0.4, 0.5) is 0 Å². The van der Waals surface area contributed by atoms with E-state index in [4.69, 9.17) is 5.73 Å². The van der Waals surface area contributed by atoms with Crippen LogP contribution in [0.5, 0.6) is 0 Å². The number of rotatable bonds is 2. The second-order valence-corrected chi connectivity index (χ2v) is 5.86. The van der Waals surface area contributed by atoms with Gasteiger partial charge in [0.2, 0.25) is 0 Å². The molecule has 0 spiro atoms. The van der Waals surface area contributed by atoms with E-state index < -0.39 is 0 Å². The van der Waals surface area contributed by atoms with E-state index in [2.05, 4.69) is 30.0 Å². The van der Waals surface area contributed by atoms with Gasteiger partial charge in [-0.15, -0.1) is 0 Å². The van der Waals surface area contributed by atoms with E-state index in [1.54, 1.807) is 5.56 Å². The van der Waals surface area contributed by atoms with Gasteiger partial charge < -0.3 is 5.73 Å². The van der Waals surface area contributed by atoms with Crippen LogP contribution in [-0.2, 0) is 6.54 Å². The molecule has 1 aliphatic heterocycles. The van der Waals surface area contributed by atoms with Crippen molar-refractivity contribution in [2.75, 3.05) is 6.54 Å². The van der Waals surface area contributed by atoms with Gasteiger partial charge in [-0.2, -0.15) is 0 Å². The topological polar surface area (TPSA) is 29.3 Å². The number of fused-ring (bicyclic) bond motifs is 1. The molecular weight excluding hydrogens is 220 g/mol. The van der Waals surface area contributed by atoms with E-state index in [1.165, 1.54) is 43.2 Å². The van der Waals surface area contributed by atoms with Crippen molar-refractivity contribution in [3.8, 4) is 0 Å². The van der Waals surface area contributed by atoms with Crippen LogP contribution in [0.3, 0.4) is 0 Å². The third-order valence-electron chi connectivity index (χ3n) is 4.81. The van der Waals surface area contributed by atoms with Gasteiger partial charge in [-0.3, -0.25) is 4.90 Å². The zero-order chi connectivity index (χ0) is 12.5. The minimum atomic E-state index is 0.461. The fourth-order valence-electron chi connectivity index (χ4n) is 3.78. The standard InChI is InChI=1S/C16H24N2/c1-12-6-5-9-14-15(12)11-18(16(14)10-17)13-7-3-2-4-8-13/h5-6,9,13,16H,2-4,7-8,10-11,17H2,1H3. The van der Waals surface area contributed by atoms with Crippen LogP contribution in [0.15, 0.2) is 18.2 Å². The second-order valence-electron chi connectivity index (χ2n) is 5.86. The van der Waals surface area contributed by atoms with Gasteiger partial charge in [0.15, 0.2) is 0 Å². The molecule has 1 fully saturated rings. The zero-order valence-corrected chi connectivity index (χ0v) is 11.4. The van der Waals surface area contributed by atoms with E-state index in [0.29, 0.717) is 6.04 Å². The summed E-state index contributed by atoms with van der Waals surface area (Å²) in [6.07, 6.45) is 6.94. The van der Waals surface area contributed by atoms with Crippen molar-refractivity contribution in [2.24, 2.45) is 5.73 Å². The summed E-state index contributed by atoms with van der Waals surface area (Å²) in [6.45, 7) is 4.11. The normalized spacial score (nSPS) is 25.3. The molecule has 2 N–H and O–H groups in total. The van der Waals surface area contributed by atoms with Gasteiger partial charge in [0.25, 0.3) is 0 Å². The highest BCUT2D eigenvalue weighted by Crippen LogP contribution is 2.39. The summed E-state index contributed by atoms with van der Waals surface area (Å²) in [5.74, 6) is 0. The maximum Gasteiger partial charge on any atom is 0.0480 e. The number of benzene rings is 1. The number of hydrogen-bond donors (Lipinski definition) is 1. The molecular formula is C16H24N2. The molecule has 2 heteroatoms. The van der Waals surface area contributed by atoms with Gasteiger partial charge in [-0.05, 0) is 36.5 Å². The van der Waals surface area contributed by atoms with Gasteiger partial charge >= 0.3 is 0 Å². The fraction of sp³-hybridized carbons (Fsp3) is 0.625. The smallest absolute Gasteiger partial charge is 0.0480 e. The fourth-order valence-corrected chi connectivity index (χ4v) is 3.78. The number of aryl methyl sites for hydroxylation is 1. The Morgan fingerprint density at radius 3 is 2.72 bits per heavy atom. The van der Waals surface area contributed by atoms with Crippen LogP contribution < -0.4 is 5.73 Å². The highest BCUT2D eigenvalue weighted by molar-refractivity contribution is 5.40. The second kappa shape index (κ2) is 5.02. The van der Waals surface area contributed by atoms with Gasteiger partial charge in [-0.1, -0.05) is 37.5 Å². The van der Waals surface area contributed by atoms with Crippen LogP contribution in [0.1, 0.15) is 54.8 Å². The molecule has 1 unspecified atom stereocenters. The molecule has 0 saturated heterocycles. The third kappa shape index (κ3) is 1.98.